The van der Waals surface area contributed by atoms with Crippen molar-refractivity contribution in [1.29, 1.82) is 0 Å². The van der Waals surface area contributed by atoms with Crippen molar-refractivity contribution in [3.05, 3.63) is 35.3 Å². The number of hydrogen-bond donors (Lipinski definition) is 1. The summed E-state index contributed by atoms with van der Waals surface area (Å²) in [5.74, 6) is -0.243. The van der Waals surface area contributed by atoms with Gasteiger partial charge in [0.25, 0.3) is 0 Å². The van der Waals surface area contributed by atoms with E-state index < -0.39 is 11.7 Å². The SMILES string of the molecule is CCCC(NOCC)=C1C(=O)CC(CCSc2ccncc2C(F)(F)F)CC1=O. The molecule has 0 aliphatic heterocycles. The summed E-state index contributed by atoms with van der Waals surface area (Å²) in [6.45, 7) is 4.14. The predicted molar refractivity (Wildman–Crippen MR) is 104 cm³/mol. The summed E-state index contributed by atoms with van der Waals surface area (Å²) in [5, 5.41) is 0. The van der Waals surface area contributed by atoms with E-state index in [1.54, 1.807) is 6.92 Å². The minimum absolute atomic E-state index is 0.104. The van der Waals surface area contributed by atoms with Crippen molar-refractivity contribution in [2.75, 3.05) is 12.4 Å². The average molecular weight is 430 g/mol. The molecule has 1 fully saturated rings. The third kappa shape index (κ3) is 6.57. The first-order chi connectivity index (χ1) is 13.8. The minimum Gasteiger partial charge on any atom is -0.294 e. The van der Waals surface area contributed by atoms with E-state index in [1.165, 1.54) is 12.3 Å². The highest BCUT2D eigenvalue weighted by Gasteiger charge is 2.35. The van der Waals surface area contributed by atoms with Crippen LogP contribution in [0.5, 0.6) is 0 Å². The molecular formula is C20H25F3N2O3S. The molecule has 0 atom stereocenters. The number of carbonyl (C=O) groups excluding carboxylic acids is 2. The third-order valence-electron chi connectivity index (χ3n) is 4.52. The number of carbonyl (C=O) groups is 2. The fraction of sp³-hybridized carbons (Fsp3) is 0.550. The lowest BCUT2D eigenvalue weighted by atomic mass is 9.81. The van der Waals surface area contributed by atoms with Crippen molar-refractivity contribution in [1.82, 2.24) is 10.5 Å². The number of alkyl halides is 3. The number of thioether (sulfide) groups is 1. The first kappa shape index (κ1) is 23.4. The first-order valence-electron chi connectivity index (χ1n) is 9.59. The maximum absolute atomic E-state index is 13.0. The fourth-order valence-electron chi connectivity index (χ4n) is 3.19. The van der Waals surface area contributed by atoms with Crippen molar-refractivity contribution >= 4 is 23.3 Å². The Morgan fingerprint density at radius 1 is 1.28 bits per heavy atom. The van der Waals surface area contributed by atoms with Crippen LogP contribution in [0.4, 0.5) is 13.2 Å². The molecular weight excluding hydrogens is 405 g/mol. The van der Waals surface area contributed by atoms with Crippen LogP contribution in [0.3, 0.4) is 0 Å². The quantitative estimate of drug-likeness (QED) is 0.265. The van der Waals surface area contributed by atoms with Gasteiger partial charge in [0.15, 0.2) is 11.6 Å². The van der Waals surface area contributed by atoms with Gasteiger partial charge in [0.1, 0.15) is 0 Å². The fourth-order valence-corrected chi connectivity index (χ4v) is 4.34. The van der Waals surface area contributed by atoms with Gasteiger partial charge in [0.05, 0.1) is 23.4 Å². The number of nitrogens with one attached hydrogen (secondary N) is 1. The highest BCUT2D eigenvalue weighted by molar-refractivity contribution is 7.99. The van der Waals surface area contributed by atoms with Gasteiger partial charge in [-0.2, -0.15) is 13.2 Å². The van der Waals surface area contributed by atoms with Crippen LogP contribution in [0.15, 0.2) is 34.6 Å². The van der Waals surface area contributed by atoms with Crippen LogP contribution < -0.4 is 5.48 Å². The van der Waals surface area contributed by atoms with E-state index in [0.29, 0.717) is 30.9 Å². The Morgan fingerprint density at radius 2 is 1.97 bits per heavy atom. The molecule has 1 aliphatic carbocycles. The van der Waals surface area contributed by atoms with Crippen molar-refractivity contribution < 1.29 is 27.6 Å². The lowest BCUT2D eigenvalue weighted by molar-refractivity contribution is -0.140. The highest BCUT2D eigenvalue weighted by atomic mass is 32.2. The van der Waals surface area contributed by atoms with Crippen molar-refractivity contribution in [3.8, 4) is 0 Å². The third-order valence-corrected chi connectivity index (χ3v) is 5.62. The van der Waals surface area contributed by atoms with Gasteiger partial charge in [0.2, 0.25) is 0 Å². The molecule has 1 saturated carbocycles. The molecule has 160 valence electrons. The zero-order valence-electron chi connectivity index (χ0n) is 16.5. The summed E-state index contributed by atoms with van der Waals surface area (Å²) < 4.78 is 39.1. The maximum atomic E-state index is 13.0. The summed E-state index contributed by atoms with van der Waals surface area (Å²) in [5.41, 5.74) is 2.65. The molecule has 1 aromatic rings. The Bertz CT molecular complexity index is 746. The largest absolute Gasteiger partial charge is 0.418 e. The molecule has 2 rings (SSSR count). The monoisotopic (exact) mass is 430 g/mol. The van der Waals surface area contributed by atoms with Gasteiger partial charge >= 0.3 is 6.18 Å². The molecule has 0 aromatic carbocycles. The van der Waals surface area contributed by atoms with Crippen LogP contribution >= 0.6 is 11.8 Å². The number of allylic oxidation sites excluding steroid dienone is 2. The van der Waals surface area contributed by atoms with Crippen LogP contribution in [-0.4, -0.2) is 28.9 Å². The van der Waals surface area contributed by atoms with E-state index in [-0.39, 0.29) is 40.8 Å². The van der Waals surface area contributed by atoms with Crippen molar-refractivity contribution in [2.24, 2.45) is 5.92 Å². The van der Waals surface area contributed by atoms with Crippen LogP contribution in [0.25, 0.3) is 0 Å². The van der Waals surface area contributed by atoms with Gasteiger partial charge in [-0.1, -0.05) is 13.3 Å². The van der Waals surface area contributed by atoms with E-state index >= 15 is 0 Å². The molecule has 1 aliphatic rings. The lowest BCUT2D eigenvalue weighted by Gasteiger charge is -2.24. The highest BCUT2D eigenvalue weighted by Crippen LogP contribution is 2.37. The van der Waals surface area contributed by atoms with Crippen LogP contribution in [0.1, 0.15) is 51.5 Å². The van der Waals surface area contributed by atoms with Gasteiger partial charge in [-0.25, -0.2) is 0 Å². The Kier molecular flexibility index (Phi) is 8.70. The number of nitrogens with zero attached hydrogens (tertiary/aromatic N) is 1. The van der Waals surface area contributed by atoms with E-state index in [1.807, 2.05) is 6.92 Å². The van der Waals surface area contributed by atoms with E-state index in [2.05, 4.69) is 10.5 Å². The second-order valence-electron chi connectivity index (χ2n) is 6.77. The summed E-state index contributed by atoms with van der Waals surface area (Å²) >= 11 is 1.07. The summed E-state index contributed by atoms with van der Waals surface area (Å²) in [7, 11) is 0. The van der Waals surface area contributed by atoms with Gasteiger partial charge < -0.3 is 0 Å². The lowest BCUT2D eigenvalue weighted by Crippen LogP contribution is -2.30. The number of Topliss-reactive ketones (excluding diaryl/α,β-unsaturated/α-hetero) is 2. The second-order valence-corrected chi connectivity index (χ2v) is 7.90. The molecule has 0 unspecified atom stereocenters. The van der Waals surface area contributed by atoms with Gasteiger partial charge in [0, 0.05) is 30.1 Å². The molecule has 0 spiro atoms. The predicted octanol–water partition coefficient (Wildman–Crippen LogP) is 4.73. The van der Waals surface area contributed by atoms with E-state index in [0.717, 1.165) is 24.4 Å². The summed E-state index contributed by atoms with van der Waals surface area (Å²) in [6, 6.07) is 1.34. The number of aromatic nitrogens is 1. The number of pyridine rings is 1. The summed E-state index contributed by atoms with van der Waals surface area (Å²) in [4.78, 5) is 34.0. The van der Waals surface area contributed by atoms with Gasteiger partial charge in [-0.15, -0.1) is 11.8 Å². The van der Waals surface area contributed by atoms with Crippen LogP contribution in [-0.2, 0) is 20.6 Å². The van der Waals surface area contributed by atoms with Crippen LogP contribution in [0.2, 0.25) is 0 Å². The molecule has 1 heterocycles. The molecule has 9 heteroatoms. The molecule has 0 bridgehead atoms. The number of hydrogen-bond acceptors (Lipinski definition) is 6. The van der Waals surface area contributed by atoms with Gasteiger partial charge in [-0.05, 0) is 37.5 Å². The Morgan fingerprint density at radius 3 is 2.55 bits per heavy atom. The molecule has 1 N–H and O–H groups in total. The number of hydroxylamine groups is 1. The van der Waals surface area contributed by atoms with Gasteiger partial charge in [-0.3, -0.25) is 24.9 Å². The number of rotatable bonds is 9. The Balaban J connectivity index is 1.99. The van der Waals surface area contributed by atoms with Crippen molar-refractivity contribution in [2.45, 2.75) is 57.0 Å². The zero-order valence-corrected chi connectivity index (χ0v) is 17.3. The maximum Gasteiger partial charge on any atom is 0.418 e. The molecule has 1 aromatic heterocycles. The first-order valence-corrected chi connectivity index (χ1v) is 10.6. The molecule has 29 heavy (non-hydrogen) atoms. The molecule has 0 amide bonds. The topological polar surface area (TPSA) is 68.3 Å². The normalized spacial score (nSPS) is 17.6. The second kappa shape index (κ2) is 10.8. The Labute approximate surface area is 172 Å². The number of halogens is 3. The Hall–Kier alpha value is -1.87. The smallest absolute Gasteiger partial charge is 0.294 e. The average Bonchev–Trinajstić information content (AvgIpc) is 2.65. The minimum atomic E-state index is -4.46. The van der Waals surface area contributed by atoms with Crippen LogP contribution in [0, 0.1) is 5.92 Å². The molecule has 0 saturated heterocycles. The standard InChI is InChI=1S/C20H25F3N2O3S/c1-3-5-15(25-28-4-2)19-16(26)10-13(11-17(19)27)7-9-29-18-6-8-24-12-14(18)20(21,22)23/h6,8,12-13,25H,3-5,7,9-11H2,1-2H3. The summed E-state index contributed by atoms with van der Waals surface area (Å²) in [6.07, 6.45) is -0.122. The van der Waals surface area contributed by atoms with E-state index in [9.17, 15) is 22.8 Å². The number of ketones is 2. The van der Waals surface area contributed by atoms with E-state index in [4.69, 9.17) is 4.84 Å². The zero-order chi connectivity index (χ0) is 21.4. The van der Waals surface area contributed by atoms with Crippen molar-refractivity contribution in [3.63, 3.8) is 0 Å². The molecule has 5 nitrogen and oxygen atoms in total. The molecule has 0 radical (unpaired) electrons.